The molecule has 1 rings (SSSR count). The molecule has 1 aliphatic rings. The van der Waals surface area contributed by atoms with Crippen molar-refractivity contribution in [3.05, 3.63) is 0 Å². The van der Waals surface area contributed by atoms with Gasteiger partial charge in [0, 0.05) is 12.6 Å². The van der Waals surface area contributed by atoms with Gasteiger partial charge < -0.3 is 15.5 Å². The maximum absolute atomic E-state index is 12.1. The first-order chi connectivity index (χ1) is 7.52. The Kier molecular flexibility index (Phi) is 10.1. The van der Waals surface area contributed by atoms with Crippen molar-refractivity contribution in [2.75, 3.05) is 27.2 Å². The van der Waals surface area contributed by atoms with Crippen molar-refractivity contribution >= 4 is 30.7 Å². The average molecular weight is 300 g/mol. The van der Waals surface area contributed by atoms with E-state index in [1.165, 1.54) is 0 Å². The Balaban J connectivity index is 0. The van der Waals surface area contributed by atoms with Crippen molar-refractivity contribution in [3.8, 4) is 0 Å². The third kappa shape index (κ3) is 4.92. The summed E-state index contributed by atoms with van der Waals surface area (Å²) in [4.78, 5) is 14.2. The molecule has 1 heterocycles. The topological polar surface area (TPSA) is 44.4 Å². The SMILES string of the molecule is CCC1(C(=O)NCC(C)N(C)C)CCCN1.Cl.Cl. The van der Waals surface area contributed by atoms with E-state index < -0.39 is 0 Å². The molecule has 0 radical (unpaired) electrons. The van der Waals surface area contributed by atoms with Crippen LogP contribution in [0.4, 0.5) is 0 Å². The van der Waals surface area contributed by atoms with Gasteiger partial charge in [-0.3, -0.25) is 4.79 Å². The zero-order valence-electron chi connectivity index (χ0n) is 11.8. The van der Waals surface area contributed by atoms with Gasteiger partial charge in [-0.2, -0.15) is 0 Å². The summed E-state index contributed by atoms with van der Waals surface area (Å²) in [5.41, 5.74) is -0.300. The van der Waals surface area contributed by atoms with Crippen LogP contribution in [0.1, 0.15) is 33.1 Å². The van der Waals surface area contributed by atoms with Gasteiger partial charge in [-0.25, -0.2) is 0 Å². The number of nitrogens with zero attached hydrogens (tertiary/aromatic N) is 1. The second-order valence-corrected chi connectivity index (χ2v) is 4.99. The van der Waals surface area contributed by atoms with E-state index in [9.17, 15) is 4.79 Å². The summed E-state index contributed by atoms with van der Waals surface area (Å²) in [5, 5.41) is 6.40. The van der Waals surface area contributed by atoms with Crippen molar-refractivity contribution in [2.24, 2.45) is 0 Å². The number of hydrogen-bond acceptors (Lipinski definition) is 3. The molecule has 18 heavy (non-hydrogen) atoms. The quantitative estimate of drug-likeness (QED) is 0.807. The molecular formula is C12H27Cl2N3O. The fourth-order valence-electron chi connectivity index (χ4n) is 2.05. The first-order valence-corrected chi connectivity index (χ1v) is 6.21. The Labute approximate surface area is 123 Å². The second-order valence-electron chi connectivity index (χ2n) is 4.99. The van der Waals surface area contributed by atoms with Crippen LogP contribution in [0, 0.1) is 0 Å². The molecule has 1 aliphatic heterocycles. The molecule has 0 aromatic carbocycles. The summed E-state index contributed by atoms with van der Waals surface area (Å²) in [6.07, 6.45) is 2.94. The minimum Gasteiger partial charge on any atom is -0.353 e. The highest BCUT2D eigenvalue weighted by molar-refractivity contribution is 5.86. The van der Waals surface area contributed by atoms with Gasteiger partial charge >= 0.3 is 0 Å². The van der Waals surface area contributed by atoms with Gasteiger partial charge in [0.15, 0.2) is 0 Å². The van der Waals surface area contributed by atoms with Crippen LogP contribution in [-0.4, -0.2) is 49.6 Å². The van der Waals surface area contributed by atoms with E-state index in [2.05, 4.69) is 29.4 Å². The van der Waals surface area contributed by atoms with Crippen LogP contribution < -0.4 is 10.6 Å². The lowest BCUT2D eigenvalue weighted by molar-refractivity contribution is -0.127. The molecule has 0 bridgehead atoms. The van der Waals surface area contributed by atoms with Crippen LogP contribution in [0.2, 0.25) is 0 Å². The Morgan fingerprint density at radius 1 is 1.44 bits per heavy atom. The van der Waals surface area contributed by atoms with Gasteiger partial charge in [0.2, 0.25) is 5.91 Å². The van der Waals surface area contributed by atoms with Crippen molar-refractivity contribution < 1.29 is 4.79 Å². The van der Waals surface area contributed by atoms with E-state index >= 15 is 0 Å². The molecule has 1 fully saturated rings. The molecule has 0 saturated carbocycles. The van der Waals surface area contributed by atoms with Gasteiger partial charge in [-0.15, -0.1) is 24.8 Å². The van der Waals surface area contributed by atoms with Crippen LogP contribution >= 0.6 is 24.8 Å². The van der Waals surface area contributed by atoms with Crippen molar-refractivity contribution in [3.63, 3.8) is 0 Å². The molecule has 1 saturated heterocycles. The minimum atomic E-state index is -0.300. The summed E-state index contributed by atoms with van der Waals surface area (Å²) in [6, 6.07) is 0.374. The zero-order valence-corrected chi connectivity index (χ0v) is 13.4. The van der Waals surface area contributed by atoms with Crippen molar-refractivity contribution in [1.29, 1.82) is 0 Å². The summed E-state index contributed by atoms with van der Waals surface area (Å²) in [5.74, 6) is 0.168. The van der Waals surface area contributed by atoms with Crippen LogP contribution in [0.5, 0.6) is 0 Å². The van der Waals surface area contributed by atoms with E-state index in [4.69, 9.17) is 0 Å². The second kappa shape index (κ2) is 8.97. The zero-order chi connectivity index (χ0) is 12.2. The smallest absolute Gasteiger partial charge is 0.240 e. The normalized spacial score (nSPS) is 24.1. The van der Waals surface area contributed by atoms with E-state index in [0.29, 0.717) is 6.04 Å². The van der Waals surface area contributed by atoms with Crippen LogP contribution in [0.3, 0.4) is 0 Å². The lowest BCUT2D eigenvalue weighted by Crippen LogP contribution is -2.54. The van der Waals surface area contributed by atoms with Crippen molar-refractivity contribution in [2.45, 2.75) is 44.7 Å². The molecule has 0 aromatic heterocycles. The Morgan fingerprint density at radius 3 is 2.44 bits per heavy atom. The number of carbonyl (C=O) groups excluding carboxylic acids is 1. The number of likely N-dealkylation sites (N-methyl/N-ethyl adjacent to an activating group) is 1. The van der Waals surface area contributed by atoms with Gasteiger partial charge in [0.05, 0.1) is 5.54 Å². The van der Waals surface area contributed by atoms with Crippen LogP contribution in [0.15, 0.2) is 0 Å². The molecule has 0 aromatic rings. The predicted molar refractivity (Wildman–Crippen MR) is 80.9 cm³/mol. The molecule has 110 valence electrons. The molecule has 2 unspecified atom stereocenters. The third-order valence-electron chi connectivity index (χ3n) is 3.72. The molecule has 4 nitrogen and oxygen atoms in total. The minimum absolute atomic E-state index is 0. The van der Waals surface area contributed by atoms with Crippen LogP contribution in [-0.2, 0) is 4.79 Å². The third-order valence-corrected chi connectivity index (χ3v) is 3.72. The first-order valence-electron chi connectivity index (χ1n) is 6.21. The average Bonchev–Trinajstić information content (AvgIpc) is 2.74. The number of hydrogen-bond donors (Lipinski definition) is 2. The highest BCUT2D eigenvalue weighted by atomic mass is 35.5. The fraction of sp³-hybridized carbons (Fsp3) is 0.917. The first kappa shape index (κ1) is 20.3. The predicted octanol–water partition coefficient (Wildman–Crippen LogP) is 1.43. The number of amides is 1. The number of nitrogens with one attached hydrogen (secondary N) is 2. The monoisotopic (exact) mass is 299 g/mol. The standard InChI is InChI=1S/C12H25N3O.2ClH/c1-5-12(7-6-8-14-12)11(16)13-9-10(2)15(3)4;;/h10,14H,5-9H2,1-4H3,(H,13,16);2*1H. The Morgan fingerprint density at radius 2 is 2.06 bits per heavy atom. The number of rotatable bonds is 5. The van der Waals surface area contributed by atoms with Gasteiger partial charge in [-0.05, 0) is 46.8 Å². The fourth-order valence-corrected chi connectivity index (χ4v) is 2.05. The van der Waals surface area contributed by atoms with Gasteiger partial charge in [0.25, 0.3) is 0 Å². The van der Waals surface area contributed by atoms with Crippen LogP contribution in [0.25, 0.3) is 0 Å². The van der Waals surface area contributed by atoms with E-state index in [0.717, 1.165) is 32.4 Å². The van der Waals surface area contributed by atoms with E-state index in [-0.39, 0.29) is 36.3 Å². The molecule has 2 atom stereocenters. The lowest BCUT2D eigenvalue weighted by Gasteiger charge is -2.28. The maximum atomic E-state index is 12.1. The lowest BCUT2D eigenvalue weighted by atomic mass is 9.93. The van der Waals surface area contributed by atoms with E-state index in [1.807, 2.05) is 14.1 Å². The summed E-state index contributed by atoms with van der Waals surface area (Å²) in [7, 11) is 4.06. The Bertz CT molecular complexity index is 243. The number of halogens is 2. The van der Waals surface area contributed by atoms with Gasteiger partial charge in [-0.1, -0.05) is 6.92 Å². The largest absolute Gasteiger partial charge is 0.353 e. The highest BCUT2D eigenvalue weighted by Gasteiger charge is 2.38. The number of carbonyl (C=O) groups is 1. The van der Waals surface area contributed by atoms with E-state index in [1.54, 1.807) is 0 Å². The molecule has 0 spiro atoms. The Hall–Kier alpha value is -0.0300. The highest BCUT2D eigenvalue weighted by Crippen LogP contribution is 2.22. The van der Waals surface area contributed by atoms with Gasteiger partial charge in [0.1, 0.15) is 0 Å². The summed E-state index contributed by atoms with van der Waals surface area (Å²) >= 11 is 0. The molecule has 1 amide bonds. The molecule has 6 heteroatoms. The van der Waals surface area contributed by atoms with Crippen molar-refractivity contribution in [1.82, 2.24) is 15.5 Å². The maximum Gasteiger partial charge on any atom is 0.240 e. The summed E-state index contributed by atoms with van der Waals surface area (Å²) < 4.78 is 0. The summed E-state index contributed by atoms with van der Waals surface area (Å²) in [6.45, 7) is 5.87. The molecule has 0 aliphatic carbocycles. The molecule has 2 N–H and O–H groups in total. The molecular weight excluding hydrogens is 273 g/mol.